The highest BCUT2D eigenvalue weighted by Crippen LogP contribution is 2.59. The summed E-state index contributed by atoms with van der Waals surface area (Å²) in [5, 5.41) is 8.79. The quantitative estimate of drug-likeness (QED) is 0.576. The molecule has 1 spiro atoms. The van der Waals surface area contributed by atoms with Crippen molar-refractivity contribution in [3.05, 3.63) is 82.9 Å². The van der Waals surface area contributed by atoms with Crippen LogP contribution in [-0.4, -0.2) is 45.9 Å². The number of hydrogen-bond acceptors (Lipinski definition) is 5. The van der Waals surface area contributed by atoms with Crippen molar-refractivity contribution in [1.29, 1.82) is 0 Å². The number of piperidine rings is 1. The molecule has 2 fully saturated rings. The molecule has 0 bridgehead atoms. The average Bonchev–Trinajstić information content (AvgIpc) is 3.28. The zero-order valence-corrected chi connectivity index (χ0v) is 19.3. The van der Waals surface area contributed by atoms with Crippen LogP contribution in [0.1, 0.15) is 53.2 Å². The van der Waals surface area contributed by atoms with E-state index >= 15 is 0 Å². The second-order valence-electron chi connectivity index (χ2n) is 9.16. The van der Waals surface area contributed by atoms with Crippen LogP contribution in [0.15, 0.2) is 66.0 Å². The fourth-order valence-corrected chi connectivity index (χ4v) is 5.64. The van der Waals surface area contributed by atoms with Gasteiger partial charge in [0.2, 0.25) is 5.91 Å². The number of aromatic nitrogens is 2. The van der Waals surface area contributed by atoms with Gasteiger partial charge in [-0.05, 0) is 53.8 Å². The van der Waals surface area contributed by atoms with E-state index in [1.54, 1.807) is 5.38 Å². The van der Waals surface area contributed by atoms with Gasteiger partial charge >= 0.3 is 0 Å². The molecule has 2 aliphatic rings. The van der Waals surface area contributed by atoms with Gasteiger partial charge in [-0.25, -0.2) is 0 Å². The molecule has 7 heteroatoms. The van der Waals surface area contributed by atoms with Gasteiger partial charge in [0.05, 0.1) is 0 Å². The molecular weight excluding hydrogens is 432 g/mol. The smallest absolute Gasteiger partial charge is 0.275 e. The zero-order valence-electron chi connectivity index (χ0n) is 18.5. The highest BCUT2D eigenvalue weighted by Gasteiger charge is 2.58. The standard InChI is InChI=1S/C26H28N4O2S/c31-24(22-17-26(22)12-15-30(16-13-26)25(32)23-18-33-29-28-23)27-14-11-21(19-7-3-1-4-8-19)20-9-5-2-6-10-20/h1-10,18,21-22H,11-17H2,(H,27,31). The van der Waals surface area contributed by atoms with Crippen LogP contribution in [0.3, 0.4) is 0 Å². The summed E-state index contributed by atoms with van der Waals surface area (Å²) in [6, 6.07) is 21.0. The number of benzene rings is 2. The third kappa shape index (κ3) is 4.69. The van der Waals surface area contributed by atoms with Gasteiger partial charge in [0, 0.05) is 36.9 Å². The molecular formula is C26H28N4O2S. The van der Waals surface area contributed by atoms with E-state index in [0.717, 1.165) is 25.7 Å². The van der Waals surface area contributed by atoms with Crippen molar-refractivity contribution in [2.24, 2.45) is 11.3 Å². The van der Waals surface area contributed by atoms with Gasteiger partial charge in [-0.2, -0.15) is 0 Å². The maximum Gasteiger partial charge on any atom is 0.275 e. The van der Waals surface area contributed by atoms with Crippen LogP contribution in [0.25, 0.3) is 0 Å². The summed E-state index contributed by atoms with van der Waals surface area (Å²) in [6.07, 6.45) is 3.56. The Balaban J connectivity index is 1.13. The average molecular weight is 461 g/mol. The van der Waals surface area contributed by atoms with Gasteiger partial charge in [0.15, 0.2) is 5.69 Å². The van der Waals surface area contributed by atoms with Crippen LogP contribution < -0.4 is 5.32 Å². The first kappa shape index (κ1) is 21.8. The summed E-state index contributed by atoms with van der Waals surface area (Å²) in [6.45, 7) is 2.02. The Kier molecular flexibility index (Phi) is 6.22. The number of carbonyl (C=O) groups excluding carboxylic acids is 2. The fourth-order valence-electron chi connectivity index (χ4n) is 5.21. The normalized spacial score (nSPS) is 18.9. The molecule has 5 rings (SSSR count). The van der Waals surface area contributed by atoms with Gasteiger partial charge < -0.3 is 10.2 Å². The second kappa shape index (κ2) is 9.43. The maximum atomic E-state index is 12.9. The number of hydrogen-bond donors (Lipinski definition) is 1. The van der Waals surface area contributed by atoms with Crippen molar-refractivity contribution in [3.63, 3.8) is 0 Å². The summed E-state index contributed by atoms with van der Waals surface area (Å²) in [5.74, 6) is 0.448. The predicted molar refractivity (Wildman–Crippen MR) is 128 cm³/mol. The Hall–Kier alpha value is -3.06. The maximum absolute atomic E-state index is 12.9. The minimum Gasteiger partial charge on any atom is -0.356 e. The first-order valence-electron chi connectivity index (χ1n) is 11.6. The van der Waals surface area contributed by atoms with Crippen molar-refractivity contribution < 1.29 is 9.59 Å². The Morgan fingerprint density at radius 3 is 2.24 bits per heavy atom. The van der Waals surface area contributed by atoms with E-state index in [1.807, 2.05) is 17.0 Å². The number of rotatable bonds is 7. The highest BCUT2D eigenvalue weighted by molar-refractivity contribution is 7.03. The molecule has 3 aromatic rings. The Labute approximate surface area is 198 Å². The number of nitrogens with zero attached hydrogens (tertiary/aromatic N) is 3. The molecule has 1 saturated carbocycles. The molecule has 33 heavy (non-hydrogen) atoms. The molecule has 1 aliphatic heterocycles. The van der Waals surface area contributed by atoms with Crippen molar-refractivity contribution >= 4 is 23.3 Å². The lowest BCUT2D eigenvalue weighted by molar-refractivity contribution is -0.123. The van der Waals surface area contributed by atoms with E-state index < -0.39 is 0 Å². The van der Waals surface area contributed by atoms with Gasteiger partial charge in [-0.3, -0.25) is 9.59 Å². The lowest BCUT2D eigenvalue weighted by Gasteiger charge is -2.32. The summed E-state index contributed by atoms with van der Waals surface area (Å²) < 4.78 is 3.78. The number of likely N-dealkylation sites (tertiary alicyclic amines) is 1. The Morgan fingerprint density at radius 2 is 1.67 bits per heavy atom. The summed E-state index contributed by atoms with van der Waals surface area (Å²) >= 11 is 1.19. The van der Waals surface area contributed by atoms with Gasteiger partial charge in [-0.1, -0.05) is 65.2 Å². The summed E-state index contributed by atoms with van der Waals surface area (Å²) in [5.41, 5.74) is 3.04. The predicted octanol–water partition coefficient (Wildman–Crippen LogP) is 4.12. The summed E-state index contributed by atoms with van der Waals surface area (Å²) in [7, 11) is 0. The van der Waals surface area contributed by atoms with Crippen molar-refractivity contribution in [2.75, 3.05) is 19.6 Å². The third-order valence-electron chi connectivity index (χ3n) is 7.27. The summed E-state index contributed by atoms with van der Waals surface area (Å²) in [4.78, 5) is 27.3. The van der Waals surface area contributed by atoms with E-state index in [0.29, 0.717) is 25.3 Å². The molecule has 1 aliphatic carbocycles. The van der Waals surface area contributed by atoms with Crippen molar-refractivity contribution in [3.8, 4) is 0 Å². The Morgan fingerprint density at radius 1 is 1.03 bits per heavy atom. The second-order valence-corrected chi connectivity index (χ2v) is 9.76. The van der Waals surface area contributed by atoms with E-state index in [4.69, 9.17) is 0 Å². The van der Waals surface area contributed by atoms with Gasteiger partial charge in [-0.15, -0.1) is 5.10 Å². The first-order valence-corrected chi connectivity index (χ1v) is 12.4. The van der Waals surface area contributed by atoms with Crippen LogP contribution in [0, 0.1) is 11.3 Å². The monoisotopic (exact) mass is 460 g/mol. The SMILES string of the molecule is O=C(NCCC(c1ccccc1)c1ccccc1)C1CC12CCN(C(=O)c1csnn1)CC2. The van der Waals surface area contributed by atoms with Crippen LogP contribution in [0.2, 0.25) is 0 Å². The fraction of sp³-hybridized carbons (Fsp3) is 0.385. The van der Waals surface area contributed by atoms with Crippen LogP contribution in [0.5, 0.6) is 0 Å². The molecule has 2 heterocycles. The zero-order chi connectivity index (χ0) is 22.7. The van der Waals surface area contributed by atoms with E-state index in [9.17, 15) is 9.59 Å². The Bertz CT molecular complexity index is 1040. The van der Waals surface area contributed by atoms with E-state index in [2.05, 4.69) is 63.4 Å². The molecule has 1 unspecified atom stereocenters. The van der Waals surface area contributed by atoms with Crippen LogP contribution in [0.4, 0.5) is 0 Å². The third-order valence-corrected chi connectivity index (χ3v) is 7.77. The molecule has 1 N–H and O–H groups in total. The molecule has 2 aromatic carbocycles. The van der Waals surface area contributed by atoms with Crippen LogP contribution in [-0.2, 0) is 4.79 Å². The molecule has 1 saturated heterocycles. The lowest BCUT2D eigenvalue weighted by atomic mass is 9.88. The highest BCUT2D eigenvalue weighted by atomic mass is 32.1. The molecule has 170 valence electrons. The van der Waals surface area contributed by atoms with Crippen molar-refractivity contribution in [2.45, 2.75) is 31.6 Å². The minimum absolute atomic E-state index is 0.0480. The number of carbonyl (C=O) groups is 2. The lowest BCUT2D eigenvalue weighted by Crippen LogP contribution is -2.40. The molecule has 1 atom stereocenters. The molecule has 1 aromatic heterocycles. The van der Waals surface area contributed by atoms with Gasteiger partial charge in [0.25, 0.3) is 5.91 Å². The van der Waals surface area contributed by atoms with Gasteiger partial charge in [0.1, 0.15) is 0 Å². The number of amides is 2. The largest absolute Gasteiger partial charge is 0.356 e. The minimum atomic E-state index is -0.0480. The molecule has 6 nitrogen and oxygen atoms in total. The van der Waals surface area contributed by atoms with E-state index in [-0.39, 0.29) is 29.1 Å². The first-order chi connectivity index (χ1) is 16.2. The van der Waals surface area contributed by atoms with E-state index in [1.165, 1.54) is 22.7 Å². The topological polar surface area (TPSA) is 75.2 Å². The van der Waals surface area contributed by atoms with Crippen molar-refractivity contribution in [1.82, 2.24) is 19.8 Å². The molecule has 0 radical (unpaired) electrons. The number of nitrogens with one attached hydrogen (secondary N) is 1. The van der Waals surface area contributed by atoms with Crippen LogP contribution >= 0.6 is 11.5 Å². The molecule has 2 amide bonds.